The summed E-state index contributed by atoms with van der Waals surface area (Å²) in [4.78, 5) is 15.3. The SMILES string of the molecule is Cc1ccc(N(CC(=O)NCCC2CCN(C)CC2)S(=O)(=O)c2ccccc2)c(C)c1. The summed E-state index contributed by atoms with van der Waals surface area (Å²) >= 11 is 0. The fourth-order valence-corrected chi connectivity index (χ4v) is 5.56. The summed E-state index contributed by atoms with van der Waals surface area (Å²) in [6, 6.07) is 13.8. The zero-order valence-electron chi connectivity index (χ0n) is 18.7. The molecule has 7 heteroatoms. The molecule has 31 heavy (non-hydrogen) atoms. The summed E-state index contributed by atoms with van der Waals surface area (Å²) in [5.41, 5.74) is 2.39. The number of amides is 1. The molecule has 0 aliphatic carbocycles. The van der Waals surface area contributed by atoms with Gasteiger partial charge < -0.3 is 10.2 Å². The zero-order chi connectivity index (χ0) is 22.4. The van der Waals surface area contributed by atoms with Gasteiger partial charge in [0, 0.05) is 6.54 Å². The van der Waals surface area contributed by atoms with Gasteiger partial charge in [0.2, 0.25) is 5.91 Å². The highest BCUT2D eigenvalue weighted by Gasteiger charge is 2.28. The first-order chi connectivity index (χ1) is 14.8. The molecule has 168 valence electrons. The van der Waals surface area contributed by atoms with Gasteiger partial charge in [-0.1, -0.05) is 35.9 Å². The Labute approximate surface area is 186 Å². The molecular formula is C24H33N3O3S. The number of benzene rings is 2. The molecule has 0 aromatic heterocycles. The van der Waals surface area contributed by atoms with Crippen LogP contribution in [0, 0.1) is 19.8 Å². The number of nitrogens with one attached hydrogen (secondary N) is 1. The molecule has 1 aliphatic heterocycles. The van der Waals surface area contributed by atoms with Crippen molar-refractivity contribution < 1.29 is 13.2 Å². The van der Waals surface area contributed by atoms with E-state index in [1.807, 2.05) is 26.0 Å². The van der Waals surface area contributed by atoms with Crippen molar-refractivity contribution in [3.05, 3.63) is 59.7 Å². The van der Waals surface area contributed by atoms with E-state index in [4.69, 9.17) is 0 Å². The second-order valence-corrected chi connectivity index (χ2v) is 10.4. The molecule has 0 atom stereocenters. The topological polar surface area (TPSA) is 69.7 Å². The van der Waals surface area contributed by atoms with Gasteiger partial charge in [0.05, 0.1) is 10.6 Å². The minimum Gasteiger partial charge on any atom is -0.355 e. The molecular weight excluding hydrogens is 410 g/mol. The van der Waals surface area contributed by atoms with Crippen LogP contribution < -0.4 is 9.62 Å². The predicted molar refractivity (Wildman–Crippen MR) is 125 cm³/mol. The molecule has 2 aromatic carbocycles. The summed E-state index contributed by atoms with van der Waals surface area (Å²) in [6.45, 7) is 6.34. The van der Waals surface area contributed by atoms with Crippen LogP contribution in [0.1, 0.15) is 30.4 Å². The van der Waals surface area contributed by atoms with E-state index in [0.29, 0.717) is 18.2 Å². The van der Waals surface area contributed by atoms with Crippen molar-refractivity contribution in [2.45, 2.75) is 38.0 Å². The van der Waals surface area contributed by atoms with Crippen molar-refractivity contribution in [1.29, 1.82) is 0 Å². The van der Waals surface area contributed by atoms with Crippen molar-refractivity contribution in [2.75, 3.05) is 37.5 Å². The van der Waals surface area contributed by atoms with Crippen LogP contribution in [0.4, 0.5) is 5.69 Å². The number of anilines is 1. The Morgan fingerprint density at radius 1 is 1.10 bits per heavy atom. The van der Waals surface area contributed by atoms with E-state index in [1.54, 1.807) is 36.4 Å². The number of nitrogens with zero attached hydrogens (tertiary/aromatic N) is 2. The third kappa shape index (κ3) is 6.08. The maximum atomic E-state index is 13.4. The van der Waals surface area contributed by atoms with Gasteiger partial charge in [0.15, 0.2) is 0 Å². The third-order valence-corrected chi connectivity index (χ3v) is 7.73. The summed E-state index contributed by atoms with van der Waals surface area (Å²) in [5, 5.41) is 2.94. The van der Waals surface area contributed by atoms with Crippen molar-refractivity contribution >= 4 is 21.6 Å². The number of hydrogen-bond acceptors (Lipinski definition) is 4. The van der Waals surface area contributed by atoms with E-state index >= 15 is 0 Å². The fraction of sp³-hybridized carbons (Fsp3) is 0.458. The number of aryl methyl sites for hydroxylation is 2. The monoisotopic (exact) mass is 443 g/mol. The molecule has 1 N–H and O–H groups in total. The van der Waals surface area contributed by atoms with Crippen LogP contribution in [0.15, 0.2) is 53.4 Å². The van der Waals surface area contributed by atoms with Crippen LogP contribution in [0.25, 0.3) is 0 Å². The Morgan fingerprint density at radius 3 is 2.42 bits per heavy atom. The Bertz CT molecular complexity index is 984. The Morgan fingerprint density at radius 2 is 1.77 bits per heavy atom. The minimum absolute atomic E-state index is 0.175. The number of sulfonamides is 1. The number of rotatable bonds is 8. The lowest BCUT2D eigenvalue weighted by Gasteiger charge is -2.29. The van der Waals surface area contributed by atoms with E-state index in [2.05, 4.69) is 17.3 Å². The van der Waals surface area contributed by atoms with E-state index in [0.717, 1.165) is 43.5 Å². The highest BCUT2D eigenvalue weighted by atomic mass is 32.2. The van der Waals surface area contributed by atoms with Crippen LogP contribution >= 0.6 is 0 Å². The number of hydrogen-bond donors (Lipinski definition) is 1. The van der Waals surface area contributed by atoms with Crippen molar-refractivity contribution in [1.82, 2.24) is 10.2 Å². The van der Waals surface area contributed by atoms with Gasteiger partial charge in [-0.15, -0.1) is 0 Å². The second-order valence-electron chi connectivity index (χ2n) is 8.50. The largest absolute Gasteiger partial charge is 0.355 e. The molecule has 3 rings (SSSR count). The molecule has 0 bridgehead atoms. The summed E-state index contributed by atoms with van der Waals surface area (Å²) in [7, 11) is -1.74. The van der Waals surface area contributed by atoms with Crippen LogP contribution in [0.2, 0.25) is 0 Å². The van der Waals surface area contributed by atoms with Crippen LogP contribution in [-0.2, 0) is 14.8 Å². The van der Waals surface area contributed by atoms with Gasteiger partial charge in [0.1, 0.15) is 6.54 Å². The first-order valence-corrected chi connectivity index (χ1v) is 12.3. The lowest BCUT2D eigenvalue weighted by atomic mass is 9.94. The standard InChI is InChI=1S/C24H33N3O3S/c1-19-9-10-23(20(2)17-19)27(31(29,30)22-7-5-4-6-8-22)18-24(28)25-14-11-21-12-15-26(3)16-13-21/h4-10,17,21H,11-16,18H2,1-3H3,(H,25,28). The van der Waals surface area contributed by atoms with Crippen molar-refractivity contribution in [3.63, 3.8) is 0 Å². The second kappa shape index (κ2) is 10.3. The molecule has 1 amide bonds. The van der Waals surface area contributed by atoms with E-state index in [-0.39, 0.29) is 17.3 Å². The van der Waals surface area contributed by atoms with Crippen LogP contribution in [0.5, 0.6) is 0 Å². The molecule has 0 radical (unpaired) electrons. The Kier molecular flexibility index (Phi) is 7.73. The highest BCUT2D eigenvalue weighted by molar-refractivity contribution is 7.92. The lowest BCUT2D eigenvalue weighted by molar-refractivity contribution is -0.119. The molecule has 0 saturated carbocycles. The normalized spacial score (nSPS) is 15.6. The number of likely N-dealkylation sites (tertiary alicyclic amines) is 1. The number of carbonyl (C=O) groups excluding carboxylic acids is 1. The van der Waals surface area contributed by atoms with Crippen molar-refractivity contribution in [2.24, 2.45) is 5.92 Å². The molecule has 2 aromatic rings. The van der Waals surface area contributed by atoms with Crippen LogP contribution in [0.3, 0.4) is 0 Å². The van der Waals surface area contributed by atoms with Gasteiger partial charge in [-0.05, 0) is 82.9 Å². The molecule has 1 saturated heterocycles. The number of piperidine rings is 1. The summed E-state index contributed by atoms with van der Waals surface area (Å²) in [6.07, 6.45) is 3.21. The molecule has 1 heterocycles. The summed E-state index contributed by atoms with van der Waals surface area (Å²) in [5.74, 6) is 0.326. The predicted octanol–water partition coefficient (Wildman–Crippen LogP) is 3.35. The van der Waals surface area contributed by atoms with Crippen LogP contribution in [-0.4, -0.2) is 52.5 Å². The van der Waals surface area contributed by atoms with E-state index in [9.17, 15) is 13.2 Å². The summed E-state index contributed by atoms with van der Waals surface area (Å²) < 4.78 is 28.0. The Balaban J connectivity index is 1.73. The first kappa shape index (κ1) is 23.3. The maximum absolute atomic E-state index is 13.4. The maximum Gasteiger partial charge on any atom is 0.264 e. The van der Waals surface area contributed by atoms with Gasteiger partial charge in [-0.2, -0.15) is 0 Å². The van der Waals surface area contributed by atoms with Gasteiger partial charge >= 0.3 is 0 Å². The average molecular weight is 444 g/mol. The van der Waals surface area contributed by atoms with E-state index < -0.39 is 10.0 Å². The quantitative estimate of drug-likeness (QED) is 0.679. The van der Waals surface area contributed by atoms with E-state index in [1.165, 1.54) is 4.31 Å². The lowest BCUT2D eigenvalue weighted by Crippen LogP contribution is -2.42. The minimum atomic E-state index is -3.87. The fourth-order valence-electron chi connectivity index (χ4n) is 4.06. The zero-order valence-corrected chi connectivity index (χ0v) is 19.5. The molecule has 1 fully saturated rings. The highest BCUT2D eigenvalue weighted by Crippen LogP contribution is 2.27. The van der Waals surface area contributed by atoms with Gasteiger partial charge in [-0.3, -0.25) is 9.10 Å². The first-order valence-electron chi connectivity index (χ1n) is 10.9. The van der Waals surface area contributed by atoms with Gasteiger partial charge in [-0.25, -0.2) is 8.42 Å². The molecule has 0 unspecified atom stereocenters. The van der Waals surface area contributed by atoms with Crippen molar-refractivity contribution in [3.8, 4) is 0 Å². The molecule has 0 spiro atoms. The molecule has 6 nitrogen and oxygen atoms in total. The number of carbonyl (C=O) groups is 1. The average Bonchev–Trinajstić information content (AvgIpc) is 2.74. The Hall–Kier alpha value is -2.38. The third-order valence-electron chi connectivity index (χ3n) is 5.95. The smallest absolute Gasteiger partial charge is 0.264 e. The molecule has 1 aliphatic rings. The van der Waals surface area contributed by atoms with Gasteiger partial charge in [0.25, 0.3) is 10.0 Å².